The maximum absolute atomic E-state index is 13.1. The first-order chi connectivity index (χ1) is 10.9. The van der Waals surface area contributed by atoms with Gasteiger partial charge in [-0.2, -0.15) is 5.10 Å². The van der Waals surface area contributed by atoms with Gasteiger partial charge in [0.05, 0.1) is 0 Å². The number of benzene rings is 1. The van der Waals surface area contributed by atoms with Crippen LogP contribution in [0.2, 0.25) is 0 Å². The van der Waals surface area contributed by atoms with Gasteiger partial charge in [0.15, 0.2) is 22.5 Å². The number of carbonyl (C=O) groups excluding carboxylic acids is 1. The number of amides is 1. The van der Waals surface area contributed by atoms with Crippen LogP contribution >= 0.6 is 12.2 Å². The second kappa shape index (κ2) is 7.32. The van der Waals surface area contributed by atoms with Crippen molar-refractivity contribution >= 4 is 18.1 Å². The Morgan fingerprint density at radius 2 is 2.22 bits per heavy atom. The van der Waals surface area contributed by atoms with Crippen LogP contribution in [0.25, 0.3) is 0 Å². The molecule has 1 atom stereocenters. The van der Waals surface area contributed by atoms with Crippen molar-refractivity contribution in [2.45, 2.75) is 26.5 Å². The average molecular weight is 342 g/mol. The van der Waals surface area contributed by atoms with Crippen LogP contribution < -0.4 is 10.1 Å². The van der Waals surface area contributed by atoms with Crippen LogP contribution in [0.15, 0.2) is 18.2 Å². The fraction of sp³-hybridized carbons (Fsp3) is 0.357. The van der Waals surface area contributed by atoms with E-state index in [2.05, 4.69) is 15.5 Å². The summed E-state index contributed by atoms with van der Waals surface area (Å²) in [5, 5.41) is 9.30. The quantitative estimate of drug-likeness (QED) is 0.789. The van der Waals surface area contributed by atoms with Crippen molar-refractivity contribution in [1.29, 1.82) is 0 Å². The third kappa shape index (κ3) is 4.35. The predicted molar refractivity (Wildman–Crippen MR) is 81.6 cm³/mol. The highest BCUT2D eigenvalue weighted by atomic mass is 32.1. The molecule has 0 unspecified atom stereocenters. The van der Waals surface area contributed by atoms with E-state index in [0.29, 0.717) is 17.9 Å². The molecule has 0 fully saturated rings. The van der Waals surface area contributed by atoms with Gasteiger partial charge in [-0.15, -0.1) is 0 Å². The fourth-order valence-electron chi connectivity index (χ4n) is 1.90. The summed E-state index contributed by atoms with van der Waals surface area (Å²) in [4.78, 5) is 11.9. The Morgan fingerprint density at radius 1 is 1.48 bits per heavy atom. The number of hydrogen-bond donors (Lipinski definition) is 2. The normalized spacial score (nSPS) is 12.0. The number of ether oxygens (including phenoxy) is 1. The molecule has 1 aromatic carbocycles. The third-order valence-electron chi connectivity index (χ3n) is 3.16. The molecule has 9 heteroatoms. The van der Waals surface area contributed by atoms with Crippen molar-refractivity contribution in [3.05, 3.63) is 40.4 Å². The number of halogens is 2. The number of carbonyl (C=O) groups is 1. The van der Waals surface area contributed by atoms with E-state index < -0.39 is 17.7 Å². The van der Waals surface area contributed by atoms with E-state index in [-0.39, 0.29) is 11.7 Å². The molecule has 6 nitrogen and oxygen atoms in total. The van der Waals surface area contributed by atoms with E-state index in [1.54, 1.807) is 11.5 Å². The largest absolute Gasteiger partial charge is 0.481 e. The summed E-state index contributed by atoms with van der Waals surface area (Å²) < 4.78 is 33.4. The van der Waals surface area contributed by atoms with Gasteiger partial charge in [-0.05, 0) is 38.2 Å². The highest BCUT2D eigenvalue weighted by Gasteiger charge is 2.15. The Bertz CT molecular complexity index is 759. The first kappa shape index (κ1) is 17.1. The monoisotopic (exact) mass is 342 g/mol. The molecule has 124 valence electrons. The SMILES string of the molecule is Cc1n[nH]c(=S)n1CCNC(=O)[C@@H](C)Oc1ccc(F)c(F)c1. The maximum Gasteiger partial charge on any atom is 0.260 e. The van der Waals surface area contributed by atoms with Crippen molar-refractivity contribution in [1.82, 2.24) is 20.1 Å². The minimum atomic E-state index is -1.03. The molecule has 0 spiro atoms. The number of hydrogen-bond acceptors (Lipinski definition) is 4. The van der Waals surface area contributed by atoms with Crippen LogP contribution in [-0.2, 0) is 11.3 Å². The minimum Gasteiger partial charge on any atom is -0.481 e. The first-order valence-corrected chi connectivity index (χ1v) is 7.30. The van der Waals surface area contributed by atoms with E-state index in [1.165, 1.54) is 13.0 Å². The topological polar surface area (TPSA) is 71.9 Å². The van der Waals surface area contributed by atoms with Gasteiger partial charge in [0.2, 0.25) is 0 Å². The van der Waals surface area contributed by atoms with E-state index in [9.17, 15) is 13.6 Å². The van der Waals surface area contributed by atoms with Crippen LogP contribution in [0.1, 0.15) is 12.7 Å². The summed E-state index contributed by atoms with van der Waals surface area (Å²) in [5.74, 6) is -1.57. The highest BCUT2D eigenvalue weighted by molar-refractivity contribution is 7.71. The van der Waals surface area contributed by atoms with Gasteiger partial charge < -0.3 is 14.6 Å². The Kier molecular flexibility index (Phi) is 5.43. The molecule has 2 rings (SSSR count). The average Bonchev–Trinajstić information content (AvgIpc) is 2.82. The van der Waals surface area contributed by atoms with Gasteiger partial charge in [-0.3, -0.25) is 9.89 Å². The second-order valence-electron chi connectivity index (χ2n) is 4.85. The molecule has 23 heavy (non-hydrogen) atoms. The van der Waals surface area contributed by atoms with E-state index >= 15 is 0 Å². The van der Waals surface area contributed by atoms with Crippen molar-refractivity contribution in [3.8, 4) is 5.75 Å². The van der Waals surface area contributed by atoms with Gasteiger partial charge in [0.1, 0.15) is 11.6 Å². The molecule has 0 bridgehead atoms. The summed E-state index contributed by atoms with van der Waals surface area (Å²) in [5.41, 5.74) is 0. The standard InChI is InChI=1S/C14H16F2N4O2S/c1-8(22-10-3-4-11(15)12(16)7-10)13(21)17-5-6-20-9(2)18-19-14(20)23/h3-4,7-8H,5-6H2,1-2H3,(H,17,21)(H,19,23)/t8-/m1/s1. The van der Waals surface area contributed by atoms with E-state index in [4.69, 9.17) is 17.0 Å². The summed E-state index contributed by atoms with van der Waals surface area (Å²) in [6, 6.07) is 3.10. The van der Waals surface area contributed by atoms with Gasteiger partial charge in [-0.1, -0.05) is 0 Å². The van der Waals surface area contributed by atoms with Crippen LogP contribution in [0.4, 0.5) is 8.78 Å². The number of aromatic nitrogens is 3. The molecule has 1 heterocycles. The predicted octanol–water partition coefficient (Wildman–Crippen LogP) is 2.11. The lowest BCUT2D eigenvalue weighted by atomic mass is 10.3. The molecule has 2 N–H and O–H groups in total. The Hall–Kier alpha value is -2.29. The maximum atomic E-state index is 13.1. The molecular weight excluding hydrogens is 326 g/mol. The Morgan fingerprint density at radius 3 is 2.83 bits per heavy atom. The van der Waals surface area contributed by atoms with Gasteiger partial charge in [-0.25, -0.2) is 8.78 Å². The number of nitrogens with zero attached hydrogens (tertiary/aromatic N) is 2. The highest BCUT2D eigenvalue weighted by Crippen LogP contribution is 2.16. The van der Waals surface area contributed by atoms with Crippen LogP contribution in [0, 0.1) is 23.3 Å². The zero-order valence-corrected chi connectivity index (χ0v) is 13.4. The lowest BCUT2D eigenvalue weighted by molar-refractivity contribution is -0.127. The number of aryl methyl sites for hydroxylation is 1. The zero-order chi connectivity index (χ0) is 17.0. The number of H-pyrrole nitrogens is 1. The molecule has 1 aromatic heterocycles. The van der Waals surface area contributed by atoms with Crippen LogP contribution in [-0.4, -0.2) is 33.3 Å². The van der Waals surface area contributed by atoms with E-state index in [0.717, 1.165) is 18.0 Å². The molecule has 0 saturated carbocycles. The van der Waals surface area contributed by atoms with Crippen LogP contribution in [0.3, 0.4) is 0 Å². The van der Waals surface area contributed by atoms with Gasteiger partial charge >= 0.3 is 0 Å². The summed E-state index contributed by atoms with van der Waals surface area (Å²) in [6.07, 6.45) is -0.849. The smallest absolute Gasteiger partial charge is 0.260 e. The summed E-state index contributed by atoms with van der Waals surface area (Å²) in [6.45, 7) is 4.11. The number of aromatic amines is 1. The molecule has 0 saturated heterocycles. The molecule has 0 aliphatic heterocycles. The number of rotatable bonds is 6. The molecular formula is C14H16F2N4O2S. The summed E-state index contributed by atoms with van der Waals surface area (Å²) in [7, 11) is 0. The first-order valence-electron chi connectivity index (χ1n) is 6.89. The lowest BCUT2D eigenvalue weighted by Gasteiger charge is -2.15. The van der Waals surface area contributed by atoms with E-state index in [1.807, 2.05) is 0 Å². The molecule has 0 radical (unpaired) electrons. The summed E-state index contributed by atoms with van der Waals surface area (Å²) >= 11 is 5.05. The van der Waals surface area contributed by atoms with Crippen molar-refractivity contribution < 1.29 is 18.3 Å². The molecule has 2 aromatic rings. The lowest BCUT2D eigenvalue weighted by Crippen LogP contribution is -2.38. The number of nitrogens with one attached hydrogen (secondary N) is 2. The van der Waals surface area contributed by atoms with Crippen LogP contribution in [0.5, 0.6) is 5.75 Å². The fourth-order valence-corrected chi connectivity index (χ4v) is 2.17. The van der Waals surface area contributed by atoms with Gasteiger partial charge in [0, 0.05) is 19.2 Å². The molecule has 0 aliphatic carbocycles. The van der Waals surface area contributed by atoms with Gasteiger partial charge in [0.25, 0.3) is 5.91 Å². The molecule has 1 amide bonds. The Balaban J connectivity index is 1.85. The second-order valence-corrected chi connectivity index (χ2v) is 5.24. The van der Waals surface area contributed by atoms with Crippen molar-refractivity contribution in [3.63, 3.8) is 0 Å². The molecule has 0 aliphatic rings. The minimum absolute atomic E-state index is 0.0828. The van der Waals surface area contributed by atoms with Crippen molar-refractivity contribution in [2.24, 2.45) is 0 Å². The third-order valence-corrected chi connectivity index (χ3v) is 3.47. The van der Waals surface area contributed by atoms with Crippen molar-refractivity contribution in [2.75, 3.05) is 6.54 Å². The zero-order valence-electron chi connectivity index (χ0n) is 12.6. The Labute approximate surface area is 136 Å².